The molecule has 0 N–H and O–H groups in total. The number of amides is 2. The van der Waals surface area contributed by atoms with E-state index < -0.39 is 40.7 Å². The molecule has 1 fully saturated rings. The maximum Gasteiger partial charge on any atom is 0.326 e. The van der Waals surface area contributed by atoms with Crippen LogP contribution in [0.4, 0.5) is 10.1 Å². The molecule has 0 saturated carbocycles. The molecule has 1 aromatic heterocycles. The Labute approximate surface area is 213 Å². The van der Waals surface area contributed by atoms with Gasteiger partial charge < -0.3 is 9.47 Å². The van der Waals surface area contributed by atoms with Crippen LogP contribution in [0.1, 0.15) is 23.3 Å². The fourth-order valence-corrected chi connectivity index (χ4v) is 7.38. The largest absolute Gasteiger partial charge is 0.497 e. The average molecular weight is 529 g/mol. The normalized spacial score (nSPS) is 20.8. The molecule has 36 heavy (non-hydrogen) atoms. The zero-order chi connectivity index (χ0) is 25.6. The van der Waals surface area contributed by atoms with E-state index in [2.05, 4.69) is 0 Å². The van der Waals surface area contributed by atoms with E-state index in [1.807, 2.05) is 0 Å². The summed E-state index contributed by atoms with van der Waals surface area (Å²) in [5, 5.41) is -0.379. The van der Waals surface area contributed by atoms with Crippen molar-refractivity contribution in [3.63, 3.8) is 0 Å². The fraction of sp³-hybridized carbons (Fsp3) is 0.280. The van der Waals surface area contributed by atoms with Crippen LogP contribution < -0.4 is 14.5 Å². The number of fused-ring (bicyclic) bond motifs is 2. The van der Waals surface area contributed by atoms with Gasteiger partial charge in [0.05, 0.1) is 30.3 Å². The van der Waals surface area contributed by atoms with Gasteiger partial charge in [0.15, 0.2) is 0 Å². The monoisotopic (exact) mass is 528 g/mol. The molecule has 2 aliphatic rings. The molecule has 0 radical (unpaired) electrons. The van der Waals surface area contributed by atoms with Crippen molar-refractivity contribution >= 4 is 46.6 Å². The molecule has 1 saturated heterocycles. The van der Waals surface area contributed by atoms with Crippen molar-refractivity contribution < 1.29 is 28.2 Å². The standard InChI is InChI=1S/C25H21FN2O6S2/c1-3-34-17(29)12-27-24-21(36-25(27)32)18(13-4-6-14(26)7-5-13)19-20(35-24)23(31)28(22(19)30)15-8-10-16(33-2)11-9-15/h4-11,18-20H,3,12H2,1-2H3/t18-,19-,20+/m0/s1. The van der Waals surface area contributed by atoms with Gasteiger partial charge in [0, 0.05) is 10.8 Å². The van der Waals surface area contributed by atoms with Gasteiger partial charge in [-0.05, 0) is 48.9 Å². The number of anilines is 1. The number of esters is 1. The highest BCUT2D eigenvalue weighted by molar-refractivity contribution is 8.00. The SMILES string of the molecule is CCOC(=O)Cn1c2c(sc1=O)[C@@H](c1ccc(F)cc1)[C@@H]1C(=O)N(c3ccc(OC)cc3)C(=O)[C@@H]1S2. The first-order valence-electron chi connectivity index (χ1n) is 11.2. The molecular formula is C25H21FN2O6S2. The number of thiazole rings is 1. The van der Waals surface area contributed by atoms with Crippen LogP contribution in [-0.4, -0.2) is 41.3 Å². The maximum atomic E-state index is 13.8. The fourth-order valence-electron chi connectivity index (χ4n) is 4.61. The number of halogens is 1. The molecule has 3 aromatic rings. The van der Waals surface area contributed by atoms with E-state index >= 15 is 0 Å². The Morgan fingerprint density at radius 3 is 2.36 bits per heavy atom. The number of ether oxygens (including phenoxy) is 2. The Bertz CT molecular complexity index is 1400. The molecule has 11 heteroatoms. The smallest absolute Gasteiger partial charge is 0.326 e. The Morgan fingerprint density at radius 2 is 1.72 bits per heavy atom. The van der Waals surface area contributed by atoms with Crippen LogP contribution in [0.25, 0.3) is 0 Å². The van der Waals surface area contributed by atoms with Crippen LogP contribution in [0, 0.1) is 11.7 Å². The van der Waals surface area contributed by atoms with Gasteiger partial charge in [-0.3, -0.25) is 23.7 Å². The van der Waals surface area contributed by atoms with Crippen molar-refractivity contribution in [2.75, 3.05) is 18.6 Å². The molecule has 8 nitrogen and oxygen atoms in total. The van der Waals surface area contributed by atoms with Crippen LogP contribution in [0.5, 0.6) is 5.75 Å². The summed E-state index contributed by atoms with van der Waals surface area (Å²) in [7, 11) is 1.52. The quantitative estimate of drug-likeness (QED) is 0.357. The van der Waals surface area contributed by atoms with Crippen molar-refractivity contribution in [1.82, 2.24) is 4.57 Å². The molecule has 2 amide bonds. The lowest BCUT2D eigenvalue weighted by molar-refractivity contribution is -0.144. The second-order valence-corrected chi connectivity index (χ2v) is 10.4. The average Bonchev–Trinajstić information content (AvgIpc) is 3.31. The highest BCUT2D eigenvalue weighted by Gasteiger charge is 2.56. The van der Waals surface area contributed by atoms with Crippen molar-refractivity contribution in [3.8, 4) is 5.75 Å². The Kier molecular flexibility index (Phi) is 6.44. The highest BCUT2D eigenvalue weighted by atomic mass is 32.2. The summed E-state index contributed by atoms with van der Waals surface area (Å²) in [5.74, 6) is -2.72. The van der Waals surface area contributed by atoms with Gasteiger partial charge in [-0.1, -0.05) is 35.2 Å². The van der Waals surface area contributed by atoms with Gasteiger partial charge in [-0.15, -0.1) is 0 Å². The number of carbonyl (C=O) groups excluding carboxylic acids is 3. The minimum absolute atomic E-state index is 0.166. The Hall–Kier alpha value is -3.44. The lowest BCUT2D eigenvalue weighted by Crippen LogP contribution is -2.32. The van der Waals surface area contributed by atoms with E-state index in [1.54, 1.807) is 43.3 Å². The number of benzene rings is 2. The number of hydrogen-bond donors (Lipinski definition) is 0. The molecule has 3 atom stereocenters. The summed E-state index contributed by atoms with van der Waals surface area (Å²) in [6.07, 6.45) is 0. The third kappa shape index (κ3) is 4.01. The summed E-state index contributed by atoms with van der Waals surface area (Å²) in [6, 6.07) is 12.3. The van der Waals surface area contributed by atoms with Gasteiger partial charge in [0.2, 0.25) is 11.8 Å². The van der Waals surface area contributed by atoms with E-state index in [0.29, 0.717) is 26.9 Å². The minimum atomic E-state index is -0.829. The highest BCUT2D eigenvalue weighted by Crippen LogP contribution is 2.53. The topological polar surface area (TPSA) is 94.9 Å². The lowest BCUT2D eigenvalue weighted by atomic mass is 9.83. The molecule has 186 valence electrons. The van der Waals surface area contributed by atoms with E-state index in [1.165, 1.54) is 23.8 Å². The minimum Gasteiger partial charge on any atom is -0.497 e. The van der Waals surface area contributed by atoms with Crippen molar-refractivity contribution in [2.24, 2.45) is 5.92 Å². The Morgan fingerprint density at radius 1 is 1.03 bits per heavy atom. The van der Waals surface area contributed by atoms with E-state index in [-0.39, 0.29) is 18.0 Å². The van der Waals surface area contributed by atoms with E-state index in [4.69, 9.17) is 9.47 Å². The predicted octanol–water partition coefficient (Wildman–Crippen LogP) is 3.42. The molecule has 0 spiro atoms. The van der Waals surface area contributed by atoms with Crippen LogP contribution in [0.3, 0.4) is 0 Å². The summed E-state index contributed by atoms with van der Waals surface area (Å²) in [6.45, 7) is 1.54. The number of methoxy groups -OCH3 is 1. The number of thioether (sulfide) groups is 1. The predicted molar refractivity (Wildman–Crippen MR) is 132 cm³/mol. The summed E-state index contributed by atoms with van der Waals surface area (Å²) in [4.78, 5) is 53.8. The van der Waals surface area contributed by atoms with Crippen molar-refractivity contribution in [3.05, 3.63) is 74.5 Å². The number of carbonyl (C=O) groups is 3. The number of imide groups is 1. The maximum absolute atomic E-state index is 13.8. The van der Waals surface area contributed by atoms with Crippen LogP contribution in [0.15, 0.2) is 58.4 Å². The van der Waals surface area contributed by atoms with Crippen LogP contribution >= 0.6 is 23.1 Å². The number of hydrogen-bond acceptors (Lipinski definition) is 8. The van der Waals surface area contributed by atoms with Gasteiger partial charge >= 0.3 is 10.8 Å². The third-order valence-corrected chi connectivity index (χ3v) is 8.81. The molecular weight excluding hydrogens is 507 g/mol. The third-order valence-electron chi connectivity index (χ3n) is 6.20. The lowest BCUT2D eigenvalue weighted by Gasteiger charge is -2.30. The summed E-state index contributed by atoms with van der Waals surface area (Å²) < 4.78 is 25.2. The van der Waals surface area contributed by atoms with E-state index in [9.17, 15) is 23.6 Å². The second-order valence-electron chi connectivity index (χ2n) is 8.23. The summed E-state index contributed by atoms with van der Waals surface area (Å²) >= 11 is 2.03. The Balaban J connectivity index is 1.62. The molecule has 2 aromatic carbocycles. The number of nitrogens with zero attached hydrogens (tertiary/aromatic N) is 2. The molecule has 2 aliphatic heterocycles. The first kappa shape index (κ1) is 24.3. The zero-order valence-electron chi connectivity index (χ0n) is 19.3. The second kappa shape index (κ2) is 9.55. The van der Waals surface area contributed by atoms with Crippen LogP contribution in [-0.2, 0) is 25.7 Å². The molecule has 0 aliphatic carbocycles. The van der Waals surface area contributed by atoms with Gasteiger partial charge in [0.1, 0.15) is 23.4 Å². The summed E-state index contributed by atoms with van der Waals surface area (Å²) in [5.41, 5.74) is 1.01. The molecule has 0 bridgehead atoms. The van der Waals surface area contributed by atoms with Crippen molar-refractivity contribution in [1.29, 1.82) is 0 Å². The molecule has 5 rings (SSSR count). The molecule has 3 heterocycles. The number of rotatable bonds is 6. The first-order valence-corrected chi connectivity index (χ1v) is 12.9. The van der Waals surface area contributed by atoms with Crippen LogP contribution in [0.2, 0.25) is 0 Å². The van der Waals surface area contributed by atoms with Gasteiger partial charge in [-0.2, -0.15) is 0 Å². The zero-order valence-corrected chi connectivity index (χ0v) is 20.9. The first-order chi connectivity index (χ1) is 17.3. The van der Waals surface area contributed by atoms with Gasteiger partial charge in [0.25, 0.3) is 0 Å². The van der Waals surface area contributed by atoms with Gasteiger partial charge in [-0.25, -0.2) is 9.29 Å². The van der Waals surface area contributed by atoms with E-state index in [0.717, 1.165) is 28.0 Å². The number of aromatic nitrogens is 1. The van der Waals surface area contributed by atoms with Crippen molar-refractivity contribution in [2.45, 2.75) is 29.7 Å². The molecule has 0 unspecified atom stereocenters.